The maximum absolute atomic E-state index is 11.1. The van der Waals surface area contributed by atoms with Crippen molar-refractivity contribution < 1.29 is 14.3 Å². The van der Waals surface area contributed by atoms with E-state index in [0.717, 1.165) is 25.6 Å². The van der Waals surface area contributed by atoms with Crippen molar-refractivity contribution in [3.63, 3.8) is 0 Å². The van der Waals surface area contributed by atoms with E-state index in [1.165, 1.54) is 6.07 Å². The fraction of sp³-hybridized carbons (Fsp3) is 0.0435. The number of furan rings is 1. The SMILES string of the molecule is N#C/C(=C/c1cn(Cc2ccc(C(=O)O)o2)c2ccccc12)c1ccc(I)cc1. The van der Waals surface area contributed by atoms with Crippen molar-refractivity contribution >= 4 is 51.1 Å². The lowest BCUT2D eigenvalue weighted by atomic mass is 10.0. The molecule has 0 atom stereocenters. The summed E-state index contributed by atoms with van der Waals surface area (Å²) in [6.07, 6.45) is 3.84. The number of rotatable bonds is 5. The Hall–Kier alpha value is -3.31. The molecule has 2 heterocycles. The average molecular weight is 494 g/mol. The molecule has 5 nitrogen and oxygen atoms in total. The molecule has 1 N–H and O–H groups in total. The van der Waals surface area contributed by atoms with Crippen LogP contribution in [0, 0.1) is 14.9 Å². The quantitative estimate of drug-likeness (QED) is 0.287. The van der Waals surface area contributed by atoms with Crippen molar-refractivity contribution in [2.45, 2.75) is 6.54 Å². The van der Waals surface area contributed by atoms with E-state index in [0.29, 0.717) is 17.9 Å². The van der Waals surface area contributed by atoms with Gasteiger partial charge in [0.05, 0.1) is 18.2 Å². The summed E-state index contributed by atoms with van der Waals surface area (Å²) >= 11 is 2.24. The Balaban J connectivity index is 1.76. The minimum atomic E-state index is -1.09. The van der Waals surface area contributed by atoms with Crippen LogP contribution in [0.25, 0.3) is 22.6 Å². The minimum absolute atomic E-state index is 0.0814. The fourth-order valence-electron chi connectivity index (χ4n) is 3.23. The average Bonchev–Trinajstić information content (AvgIpc) is 3.33. The number of aromatic carboxylic acids is 1. The smallest absolute Gasteiger partial charge is 0.371 e. The first-order valence-corrected chi connectivity index (χ1v) is 9.90. The van der Waals surface area contributed by atoms with Crippen molar-refractivity contribution in [1.29, 1.82) is 5.26 Å². The Labute approximate surface area is 180 Å². The van der Waals surface area contributed by atoms with Crippen LogP contribution in [-0.4, -0.2) is 15.6 Å². The van der Waals surface area contributed by atoms with Crippen LogP contribution in [0.1, 0.15) is 27.4 Å². The summed E-state index contributed by atoms with van der Waals surface area (Å²) in [6.45, 7) is 0.396. The van der Waals surface area contributed by atoms with Gasteiger partial charge in [-0.05, 0) is 64.6 Å². The third-order valence-corrected chi connectivity index (χ3v) is 5.31. The van der Waals surface area contributed by atoms with Crippen LogP contribution >= 0.6 is 22.6 Å². The summed E-state index contributed by atoms with van der Waals surface area (Å²) in [6, 6.07) is 21.1. The van der Waals surface area contributed by atoms with Crippen molar-refractivity contribution in [1.82, 2.24) is 4.57 Å². The van der Waals surface area contributed by atoms with E-state index in [9.17, 15) is 10.1 Å². The monoisotopic (exact) mass is 494 g/mol. The maximum atomic E-state index is 11.1. The van der Waals surface area contributed by atoms with Gasteiger partial charge in [-0.3, -0.25) is 0 Å². The van der Waals surface area contributed by atoms with Crippen LogP contribution in [0.15, 0.2) is 71.3 Å². The zero-order chi connectivity index (χ0) is 20.4. The molecule has 4 rings (SSSR count). The highest BCUT2D eigenvalue weighted by atomic mass is 127. The topological polar surface area (TPSA) is 79.2 Å². The highest BCUT2D eigenvalue weighted by molar-refractivity contribution is 14.1. The van der Waals surface area contributed by atoms with Gasteiger partial charge in [-0.25, -0.2) is 4.79 Å². The number of nitriles is 1. The molecule has 0 saturated heterocycles. The molecule has 0 bridgehead atoms. The van der Waals surface area contributed by atoms with Crippen molar-refractivity contribution in [3.05, 3.63) is 93.1 Å². The minimum Gasteiger partial charge on any atom is -0.475 e. The lowest BCUT2D eigenvalue weighted by molar-refractivity contribution is 0.0660. The second kappa shape index (κ2) is 7.97. The van der Waals surface area contributed by atoms with Gasteiger partial charge in [-0.15, -0.1) is 0 Å². The number of nitrogens with zero attached hydrogens (tertiary/aromatic N) is 2. The second-order valence-electron chi connectivity index (χ2n) is 6.48. The molecule has 142 valence electrons. The Morgan fingerprint density at radius 3 is 2.59 bits per heavy atom. The van der Waals surface area contributed by atoms with Gasteiger partial charge in [0, 0.05) is 26.2 Å². The standard InChI is InChI=1S/C23H15IN2O3/c24-18-7-5-15(6-8-18)16(12-25)11-17-13-26(21-4-2-1-3-20(17)21)14-19-9-10-22(29-19)23(27)28/h1-11,13H,14H2,(H,27,28)/b16-11-. The molecule has 2 aromatic heterocycles. The number of carboxylic acids is 1. The van der Waals surface area contributed by atoms with Crippen molar-refractivity contribution in [3.8, 4) is 6.07 Å². The van der Waals surface area contributed by atoms with Gasteiger partial charge in [0.1, 0.15) is 5.76 Å². The molecule has 0 spiro atoms. The summed E-state index contributed by atoms with van der Waals surface area (Å²) in [5, 5.41) is 19.7. The lowest BCUT2D eigenvalue weighted by Gasteiger charge is -2.02. The predicted octanol–water partition coefficient (Wildman–Crippen LogP) is 5.65. The molecule has 0 fully saturated rings. The second-order valence-corrected chi connectivity index (χ2v) is 7.72. The number of aromatic nitrogens is 1. The van der Waals surface area contributed by atoms with E-state index in [2.05, 4.69) is 28.7 Å². The Morgan fingerprint density at radius 1 is 1.14 bits per heavy atom. The predicted molar refractivity (Wildman–Crippen MR) is 119 cm³/mol. The largest absolute Gasteiger partial charge is 0.475 e. The highest BCUT2D eigenvalue weighted by Gasteiger charge is 2.13. The van der Waals surface area contributed by atoms with E-state index in [-0.39, 0.29) is 5.76 Å². The summed E-state index contributed by atoms with van der Waals surface area (Å²) in [4.78, 5) is 11.1. The number of hydrogen-bond acceptors (Lipinski definition) is 3. The number of carboxylic acid groups (broad SMARTS) is 1. The molecular weight excluding hydrogens is 479 g/mol. The van der Waals surface area contributed by atoms with Crippen molar-refractivity contribution in [2.75, 3.05) is 0 Å². The maximum Gasteiger partial charge on any atom is 0.371 e. The number of fused-ring (bicyclic) bond motifs is 1. The molecule has 0 unspecified atom stereocenters. The molecule has 4 aromatic rings. The number of benzene rings is 2. The lowest BCUT2D eigenvalue weighted by Crippen LogP contribution is -1.97. The van der Waals surface area contributed by atoms with Gasteiger partial charge in [0.25, 0.3) is 0 Å². The molecular formula is C23H15IN2O3. The first kappa shape index (κ1) is 19.0. The molecule has 0 saturated carbocycles. The van der Waals surface area contributed by atoms with Gasteiger partial charge >= 0.3 is 5.97 Å². The third-order valence-electron chi connectivity index (χ3n) is 4.59. The Morgan fingerprint density at radius 2 is 1.90 bits per heavy atom. The Kier molecular flexibility index (Phi) is 5.23. The number of carbonyl (C=O) groups is 1. The van der Waals surface area contributed by atoms with Crippen LogP contribution in [0.2, 0.25) is 0 Å². The van der Waals surface area contributed by atoms with Crippen LogP contribution in [0.3, 0.4) is 0 Å². The van der Waals surface area contributed by atoms with Gasteiger partial charge in [-0.1, -0.05) is 30.3 Å². The molecule has 6 heteroatoms. The fourth-order valence-corrected chi connectivity index (χ4v) is 3.59. The molecule has 0 amide bonds. The summed E-state index contributed by atoms with van der Waals surface area (Å²) < 4.78 is 8.51. The van der Waals surface area contributed by atoms with Crippen molar-refractivity contribution in [2.24, 2.45) is 0 Å². The van der Waals surface area contributed by atoms with Gasteiger partial charge < -0.3 is 14.1 Å². The summed E-state index contributed by atoms with van der Waals surface area (Å²) in [5.41, 5.74) is 3.34. The number of para-hydroxylation sites is 1. The first-order chi connectivity index (χ1) is 14.0. The molecule has 29 heavy (non-hydrogen) atoms. The zero-order valence-corrected chi connectivity index (χ0v) is 17.3. The number of halogens is 1. The molecule has 0 aliphatic heterocycles. The first-order valence-electron chi connectivity index (χ1n) is 8.83. The van der Waals surface area contributed by atoms with Crippen LogP contribution < -0.4 is 0 Å². The van der Waals surface area contributed by atoms with Gasteiger partial charge in [0.2, 0.25) is 5.76 Å². The number of hydrogen-bond donors (Lipinski definition) is 1. The number of allylic oxidation sites excluding steroid dienone is 1. The normalized spacial score (nSPS) is 11.5. The molecule has 2 aromatic carbocycles. The summed E-state index contributed by atoms with van der Waals surface area (Å²) in [7, 11) is 0. The van der Waals surface area contributed by atoms with E-state index < -0.39 is 5.97 Å². The molecule has 0 aliphatic carbocycles. The van der Waals surface area contributed by atoms with Crippen LogP contribution in [-0.2, 0) is 6.54 Å². The Bertz CT molecular complexity index is 1270. The third kappa shape index (κ3) is 3.96. The van der Waals surface area contributed by atoms with Crippen LogP contribution in [0.5, 0.6) is 0 Å². The van der Waals surface area contributed by atoms with E-state index in [1.54, 1.807) is 6.07 Å². The molecule has 0 aliphatic rings. The molecule has 0 radical (unpaired) electrons. The summed E-state index contributed by atoms with van der Waals surface area (Å²) in [5.74, 6) is -0.618. The van der Waals surface area contributed by atoms with Gasteiger partial charge in [-0.2, -0.15) is 5.26 Å². The van der Waals surface area contributed by atoms with Crippen LogP contribution in [0.4, 0.5) is 0 Å². The van der Waals surface area contributed by atoms with E-state index in [1.807, 2.05) is 65.4 Å². The van der Waals surface area contributed by atoms with E-state index >= 15 is 0 Å². The van der Waals surface area contributed by atoms with Gasteiger partial charge in [0.15, 0.2) is 0 Å². The highest BCUT2D eigenvalue weighted by Crippen LogP contribution is 2.27. The van der Waals surface area contributed by atoms with E-state index in [4.69, 9.17) is 9.52 Å². The zero-order valence-electron chi connectivity index (χ0n) is 15.2.